The maximum atomic E-state index is 6.48. The highest BCUT2D eigenvalue weighted by atomic mass is 35.5. The topological polar surface area (TPSA) is 32.7 Å². The minimum absolute atomic E-state index is 0.682. The summed E-state index contributed by atoms with van der Waals surface area (Å²) >= 11 is 18.6. The van der Waals surface area contributed by atoms with Crippen molar-refractivity contribution in [3.05, 3.63) is 87.0 Å². The van der Waals surface area contributed by atoms with E-state index >= 15 is 0 Å². The first-order valence-electron chi connectivity index (χ1n) is 9.35. The van der Waals surface area contributed by atoms with Gasteiger partial charge in [-0.3, -0.25) is 10.3 Å². The van der Waals surface area contributed by atoms with Crippen LogP contribution in [0.15, 0.2) is 65.8 Å². The molecule has 2 heterocycles. The smallest absolute Gasteiger partial charge is 0.258 e. The minimum Gasteiger partial charge on any atom is -0.258 e. The van der Waals surface area contributed by atoms with Gasteiger partial charge in [0.15, 0.2) is 11.4 Å². The SMILES string of the molecule is CN=C(Nc1c2c(C)c(Cl)ccn2c(-c2ccc(Cl)cc2)[n+]1C)c1ccc(Cl)cc1. The van der Waals surface area contributed by atoms with Crippen LogP contribution in [0.5, 0.6) is 0 Å². The molecule has 0 atom stereocenters. The number of aliphatic imine (C=N–C) groups is 1. The maximum Gasteiger partial charge on any atom is 0.268 e. The molecule has 7 heteroatoms. The van der Waals surface area contributed by atoms with Crippen molar-refractivity contribution in [2.75, 3.05) is 12.4 Å². The number of hydrogen-bond donors (Lipinski definition) is 1. The standard InChI is InChI=1S/C23H20Cl3N4/c1-14-19(26)12-13-30-20(14)22(28-21(27-2)15-4-8-17(24)9-5-15)29(3)23(30)16-6-10-18(25)11-7-16/h4-13H,1-3H3,(H,27,28)/q+1. The Labute approximate surface area is 190 Å². The Balaban J connectivity index is 1.93. The normalized spacial score (nSPS) is 11.9. The van der Waals surface area contributed by atoms with Crippen molar-refractivity contribution in [1.82, 2.24) is 4.40 Å². The number of pyridine rings is 1. The van der Waals surface area contributed by atoms with Gasteiger partial charge in [-0.25, -0.2) is 8.97 Å². The molecule has 0 amide bonds. The largest absolute Gasteiger partial charge is 0.268 e. The maximum absolute atomic E-state index is 6.48. The molecule has 0 aliphatic carbocycles. The summed E-state index contributed by atoms with van der Waals surface area (Å²) in [4.78, 5) is 4.47. The fourth-order valence-electron chi connectivity index (χ4n) is 3.58. The van der Waals surface area contributed by atoms with Gasteiger partial charge in [-0.15, -0.1) is 0 Å². The van der Waals surface area contributed by atoms with Crippen molar-refractivity contribution in [3.63, 3.8) is 0 Å². The third-order valence-corrected chi connectivity index (χ3v) is 6.02. The van der Waals surface area contributed by atoms with Crippen molar-refractivity contribution >= 4 is 52.0 Å². The van der Waals surface area contributed by atoms with E-state index in [4.69, 9.17) is 34.8 Å². The van der Waals surface area contributed by atoms with Crippen molar-refractivity contribution in [1.29, 1.82) is 0 Å². The van der Waals surface area contributed by atoms with Gasteiger partial charge in [-0.1, -0.05) is 34.8 Å². The number of anilines is 1. The third-order valence-electron chi connectivity index (χ3n) is 5.11. The molecule has 0 fully saturated rings. The summed E-state index contributed by atoms with van der Waals surface area (Å²) in [5.41, 5.74) is 3.93. The average molecular weight is 459 g/mol. The van der Waals surface area contributed by atoms with E-state index in [0.29, 0.717) is 15.1 Å². The Morgan fingerprint density at radius 1 is 0.933 bits per heavy atom. The second-order valence-electron chi connectivity index (χ2n) is 6.95. The third kappa shape index (κ3) is 3.67. The van der Waals surface area contributed by atoms with Crippen LogP contribution < -0.4 is 9.88 Å². The zero-order chi connectivity index (χ0) is 21.4. The molecule has 0 unspecified atom stereocenters. The molecular formula is C23H20Cl3N4+. The van der Waals surface area contributed by atoms with E-state index in [-0.39, 0.29) is 0 Å². The second-order valence-corrected chi connectivity index (χ2v) is 8.23. The number of hydrogen-bond acceptors (Lipinski definition) is 1. The lowest BCUT2D eigenvalue weighted by Gasteiger charge is -2.06. The number of benzene rings is 2. The van der Waals surface area contributed by atoms with Crippen LogP contribution in [0, 0.1) is 6.92 Å². The summed E-state index contributed by atoms with van der Waals surface area (Å²) in [7, 11) is 3.77. The summed E-state index contributed by atoms with van der Waals surface area (Å²) in [5.74, 6) is 2.61. The molecular weight excluding hydrogens is 439 g/mol. The molecule has 0 bridgehead atoms. The molecule has 30 heavy (non-hydrogen) atoms. The molecule has 0 radical (unpaired) electrons. The van der Waals surface area contributed by atoms with Crippen molar-refractivity contribution < 1.29 is 4.57 Å². The number of halogens is 3. The number of nitrogens with one attached hydrogen (secondary N) is 1. The second kappa shape index (κ2) is 8.31. The first kappa shape index (κ1) is 20.7. The molecule has 4 rings (SSSR count). The average Bonchev–Trinajstić information content (AvgIpc) is 3.02. The minimum atomic E-state index is 0.682. The van der Waals surface area contributed by atoms with Gasteiger partial charge in [0.2, 0.25) is 5.82 Å². The van der Waals surface area contributed by atoms with E-state index in [0.717, 1.165) is 39.7 Å². The van der Waals surface area contributed by atoms with E-state index in [9.17, 15) is 0 Å². The zero-order valence-corrected chi connectivity index (χ0v) is 19.0. The summed E-state index contributed by atoms with van der Waals surface area (Å²) in [6, 6.07) is 17.3. The fourth-order valence-corrected chi connectivity index (χ4v) is 3.98. The van der Waals surface area contributed by atoms with Crippen molar-refractivity contribution in [3.8, 4) is 11.4 Å². The van der Waals surface area contributed by atoms with Crippen LogP contribution in [-0.4, -0.2) is 17.3 Å². The molecule has 4 nitrogen and oxygen atoms in total. The number of aryl methyl sites for hydroxylation is 1. The molecule has 2 aromatic heterocycles. The highest BCUT2D eigenvalue weighted by Gasteiger charge is 2.27. The molecule has 152 valence electrons. The molecule has 2 aromatic carbocycles. The predicted octanol–water partition coefficient (Wildman–Crippen LogP) is 6.19. The van der Waals surface area contributed by atoms with Crippen LogP contribution in [0.1, 0.15) is 11.1 Å². The van der Waals surface area contributed by atoms with Crippen LogP contribution in [0.3, 0.4) is 0 Å². The van der Waals surface area contributed by atoms with Gasteiger partial charge in [0.25, 0.3) is 5.82 Å². The van der Waals surface area contributed by atoms with E-state index in [1.807, 2.05) is 74.8 Å². The number of nitrogens with zero attached hydrogens (tertiary/aromatic N) is 3. The molecule has 0 saturated heterocycles. The highest BCUT2D eigenvalue weighted by Crippen LogP contribution is 2.30. The number of aromatic nitrogens is 2. The van der Waals surface area contributed by atoms with E-state index < -0.39 is 0 Å². The van der Waals surface area contributed by atoms with Gasteiger partial charge in [0.1, 0.15) is 0 Å². The van der Waals surface area contributed by atoms with Gasteiger partial charge >= 0.3 is 0 Å². The van der Waals surface area contributed by atoms with Crippen molar-refractivity contribution in [2.45, 2.75) is 6.92 Å². The first-order valence-corrected chi connectivity index (χ1v) is 10.5. The van der Waals surface area contributed by atoms with Crippen LogP contribution in [0.25, 0.3) is 16.9 Å². The molecule has 1 N–H and O–H groups in total. The highest BCUT2D eigenvalue weighted by molar-refractivity contribution is 6.32. The monoisotopic (exact) mass is 457 g/mol. The fraction of sp³-hybridized carbons (Fsp3) is 0.130. The number of rotatable bonds is 3. The Kier molecular flexibility index (Phi) is 5.74. The summed E-state index contributed by atoms with van der Waals surface area (Å²) in [6.07, 6.45) is 1.98. The summed E-state index contributed by atoms with van der Waals surface area (Å²) in [5, 5.41) is 5.59. The Morgan fingerprint density at radius 2 is 1.53 bits per heavy atom. The number of amidine groups is 1. The van der Waals surface area contributed by atoms with Crippen LogP contribution in [0.2, 0.25) is 15.1 Å². The lowest BCUT2D eigenvalue weighted by atomic mass is 10.2. The van der Waals surface area contributed by atoms with E-state index in [1.165, 1.54) is 0 Å². The lowest BCUT2D eigenvalue weighted by molar-refractivity contribution is -0.644. The van der Waals surface area contributed by atoms with Gasteiger partial charge < -0.3 is 0 Å². The van der Waals surface area contributed by atoms with Gasteiger partial charge in [0.05, 0.1) is 18.3 Å². The van der Waals surface area contributed by atoms with E-state index in [2.05, 4.69) is 19.3 Å². The predicted molar refractivity (Wildman–Crippen MR) is 126 cm³/mol. The van der Waals surface area contributed by atoms with E-state index in [1.54, 1.807) is 7.05 Å². The molecule has 0 aliphatic rings. The Morgan fingerprint density at radius 3 is 2.13 bits per heavy atom. The molecule has 0 saturated carbocycles. The summed E-state index contributed by atoms with van der Waals surface area (Å²) in [6.45, 7) is 2.01. The van der Waals surface area contributed by atoms with Crippen LogP contribution >= 0.6 is 34.8 Å². The van der Waals surface area contributed by atoms with Gasteiger partial charge in [-0.2, -0.15) is 0 Å². The molecule has 0 aliphatic heterocycles. The van der Waals surface area contributed by atoms with Crippen molar-refractivity contribution in [2.24, 2.45) is 12.0 Å². The van der Waals surface area contributed by atoms with Crippen LogP contribution in [-0.2, 0) is 7.05 Å². The quantitative estimate of drug-likeness (QED) is 0.222. The van der Waals surface area contributed by atoms with Gasteiger partial charge in [-0.05, 0) is 61.5 Å². The molecule has 4 aromatic rings. The molecule has 0 spiro atoms. The zero-order valence-electron chi connectivity index (χ0n) is 16.7. The number of fused-ring (bicyclic) bond motifs is 1. The number of imidazole rings is 1. The van der Waals surface area contributed by atoms with Crippen LogP contribution in [0.4, 0.5) is 5.82 Å². The Bertz CT molecular complexity index is 1260. The summed E-state index contributed by atoms with van der Waals surface area (Å²) < 4.78 is 4.23. The Hall–Kier alpha value is -2.53. The lowest BCUT2D eigenvalue weighted by Crippen LogP contribution is -2.34. The first-order chi connectivity index (χ1) is 14.4. The van der Waals surface area contributed by atoms with Gasteiger partial charge in [0, 0.05) is 33.8 Å².